The summed E-state index contributed by atoms with van der Waals surface area (Å²) in [5, 5.41) is 13.4. The number of carbonyl (C=O) groups excluding carboxylic acids is 1. The SMILES string of the molecule is CCSC1CCC1(O)CNC(=O)/C=C/c1ccccc1. The van der Waals surface area contributed by atoms with Crippen molar-refractivity contribution in [1.82, 2.24) is 5.32 Å². The lowest BCUT2D eigenvalue weighted by molar-refractivity contribution is -0.118. The van der Waals surface area contributed by atoms with E-state index in [0.29, 0.717) is 6.54 Å². The second-order valence-corrected chi connectivity index (χ2v) is 6.53. The first-order valence-electron chi connectivity index (χ1n) is 6.99. The Morgan fingerprint density at radius 2 is 2.25 bits per heavy atom. The topological polar surface area (TPSA) is 49.3 Å². The van der Waals surface area contributed by atoms with Gasteiger partial charge < -0.3 is 10.4 Å². The van der Waals surface area contributed by atoms with E-state index < -0.39 is 5.60 Å². The molecule has 108 valence electrons. The molecule has 1 aliphatic carbocycles. The van der Waals surface area contributed by atoms with Crippen molar-refractivity contribution in [3.05, 3.63) is 42.0 Å². The summed E-state index contributed by atoms with van der Waals surface area (Å²) in [6.07, 6.45) is 5.09. The first-order valence-corrected chi connectivity index (χ1v) is 8.04. The number of nitrogens with one attached hydrogen (secondary N) is 1. The van der Waals surface area contributed by atoms with Crippen molar-refractivity contribution in [2.45, 2.75) is 30.6 Å². The molecule has 1 fully saturated rings. The zero-order chi connectivity index (χ0) is 14.4. The van der Waals surface area contributed by atoms with Gasteiger partial charge in [-0.05, 0) is 30.2 Å². The normalized spacial score (nSPS) is 25.4. The highest BCUT2D eigenvalue weighted by molar-refractivity contribution is 8.00. The van der Waals surface area contributed by atoms with E-state index in [-0.39, 0.29) is 11.2 Å². The Labute approximate surface area is 124 Å². The summed E-state index contributed by atoms with van der Waals surface area (Å²) in [7, 11) is 0. The van der Waals surface area contributed by atoms with Gasteiger partial charge in [-0.3, -0.25) is 4.79 Å². The van der Waals surface area contributed by atoms with Gasteiger partial charge in [0.25, 0.3) is 0 Å². The number of rotatable bonds is 6. The van der Waals surface area contributed by atoms with Crippen LogP contribution in [0, 0.1) is 0 Å². The van der Waals surface area contributed by atoms with Crippen LogP contribution in [0.25, 0.3) is 6.08 Å². The molecule has 1 saturated carbocycles. The molecule has 2 unspecified atom stereocenters. The molecular weight excluding hydrogens is 270 g/mol. The molecule has 0 aromatic heterocycles. The molecule has 4 heteroatoms. The van der Waals surface area contributed by atoms with Gasteiger partial charge in [-0.2, -0.15) is 11.8 Å². The van der Waals surface area contributed by atoms with E-state index >= 15 is 0 Å². The van der Waals surface area contributed by atoms with Crippen LogP contribution in [-0.2, 0) is 4.79 Å². The van der Waals surface area contributed by atoms with E-state index in [0.717, 1.165) is 24.2 Å². The Balaban J connectivity index is 1.79. The average molecular weight is 291 g/mol. The summed E-state index contributed by atoms with van der Waals surface area (Å²) in [5.74, 6) is 0.837. The summed E-state index contributed by atoms with van der Waals surface area (Å²) in [6.45, 7) is 2.42. The van der Waals surface area contributed by atoms with E-state index in [1.54, 1.807) is 17.8 Å². The Kier molecular flexibility index (Phi) is 5.26. The third kappa shape index (κ3) is 3.87. The molecule has 0 aliphatic heterocycles. The molecule has 2 N–H and O–H groups in total. The van der Waals surface area contributed by atoms with Crippen LogP contribution in [0.3, 0.4) is 0 Å². The summed E-state index contributed by atoms with van der Waals surface area (Å²) < 4.78 is 0. The van der Waals surface area contributed by atoms with Gasteiger partial charge in [0.1, 0.15) is 0 Å². The third-order valence-electron chi connectivity index (χ3n) is 3.60. The van der Waals surface area contributed by atoms with Crippen molar-refractivity contribution >= 4 is 23.7 Å². The molecule has 0 heterocycles. The fourth-order valence-corrected chi connectivity index (χ4v) is 3.47. The Hall–Kier alpha value is -1.26. The second kappa shape index (κ2) is 6.95. The highest BCUT2D eigenvalue weighted by Gasteiger charge is 2.45. The van der Waals surface area contributed by atoms with Gasteiger partial charge in [0.15, 0.2) is 0 Å². The minimum Gasteiger partial charge on any atom is -0.387 e. The lowest BCUT2D eigenvalue weighted by Gasteiger charge is -2.44. The zero-order valence-electron chi connectivity index (χ0n) is 11.7. The van der Waals surface area contributed by atoms with Crippen molar-refractivity contribution in [2.75, 3.05) is 12.3 Å². The van der Waals surface area contributed by atoms with Gasteiger partial charge in [-0.15, -0.1) is 0 Å². The number of amides is 1. The number of benzene rings is 1. The van der Waals surface area contributed by atoms with E-state index in [1.807, 2.05) is 30.3 Å². The quantitative estimate of drug-likeness (QED) is 0.792. The number of carbonyl (C=O) groups is 1. The van der Waals surface area contributed by atoms with Crippen LogP contribution in [0.15, 0.2) is 36.4 Å². The fraction of sp³-hybridized carbons (Fsp3) is 0.438. The van der Waals surface area contributed by atoms with E-state index in [9.17, 15) is 9.90 Å². The summed E-state index contributed by atoms with van der Waals surface area (Å²) in [5.41, 5.74) is 0.265. The molecule has 1 aromatic rings. The molecule has 0 spiro atoms. The first-order chi connectivity index (χ1) is 9.64. The van der Waals surface area contributed by atoms with Crippen LogP contribution in [0.5, 0.6) is 0 Å². The minimum absolute atomic E-state index is 0.158. The van der Waals surface area contributed by atoms with Gasteiger partial charge in [0, 0.05) is 17.9 Å². The van der Waals surface area contributed by atoms with E-state index in [4.69, 9.17) is 0 Å². The van der Waals surface area contributed by atoms with Crippen LogP contribution in [0.2, 0.25) is 0 Å². The first kappa shape index (κ1) is 15.1. The molecule has 2 rings (SSSR count). The maximum absolute atomic E-state index is 11.8. The molecule has 1 aliphatic rings. The smallest absolute Gasteiger partial charge is 0.244 e. The molecule has 3 nitrogen and oxygen atoms in total. The molecular formula is C16H21NO2S. The Morgan fingerprint density at radius 1 is 1.50 bits per heavy atom. The summed E-state index contributed by atoms with van der Waals surface area (Å²) in [4.78, 5) is 11.8. The van der Waals surface area contributed by atoms with Gasteiger partial charge in [0.05, 0.1) is 5.60 Å². The summed E-state index contributed by atoms with van der Waals surface area (Å²) >= 11 is 1.77. The van der Waals surface area contributed by atoms with Crippen LogP contribution < -0.4 is 5.32 Å². The number of aliphatic hydroxyl groups is 1. The third-order valence-corrected chi connectivity index (χ3v) is 5.01. The number of hydrogen-bond acceptors (Lipinski definition) is 3. The van der Waals surface area contributed by atoms with Crippen LogP contribution in [-0.4, -0.2) is 34.2 Å². The van der Waals surface area contributed by atoms with Gasteiger partial charge in [-0.25, -0.2) is 0 Å². The maximum atomic E-state index is 11.8. The van der Waals surface area contributed by atoms with Crippen molar-refractivity contribution in [3.8, 4) is 0 Å². The number of hydrogen-bond donors (Lipinski definition) is 2. The Bertz CT molecular complexity index is 475. The van der Waals surface area contributed by atoms with E-state index in [2.05, 4.69) is 12.2 Å². The fourth-order valence-electron chi connectivity index (χ4n) is 2.27. The predicted molar refractivity (Wildman–Crippen MR) is 84.6 cm³/mol. The van der Waals surface area contributed by atoms with Crippen LogP contribution in [0.4, 0.5) is 0 Å². The highest BCUT2D eigenvalue weighted by atomic mass is 32.2. The molecule has 2 atom stereocenters. The van der Waals surface area contributed by atoms with Crippen LogP contribution >= 0.6 is 11.8 Å². The van der Waals surface area contributed by atoms with Gasteiger partial charge in [0.2, 0.25) is 5.91 Å². The molecule has 0 saturated heterocycles. The molecule has 1 amide bonds. The average Bonchev–Trinajstić information content (AvgIpc) is 2.48. The highest BCUT2D eigenvalue weighted by Crippen LogP contribution is 2.40. The lowest BCUT2D eigenvalue weighted by atomic mass is 9.79. The van der Waals surface area contributed by atoms with Crippen molar-refractivity contribution < 1.29 is 9.90 Å². The summed E-state index contributed by atoms with van der Waals surface area (Å²) in [6, 6.07) is 9.69. The van der Waals surface area contributed by atoms with Gasteiger partial charge >= 0.3 is 0 Å². The second-order valence-electron chi connectivity index (χ2n) is 5.05. The minimum atomic E-state index is -0.725. The monoisotopic (exact) mass is 291 g/mol. The molecule has 0 radical (unpaired) electrons. The Morgan fingerprint density at radius 3 is 2.85 bits per heavy atom. The molecule has 1 aromatic carbocycles. The lowest BCUT2D eigenvalue weighted by Crippen LogP contribution is -2.56. The molecule has 20 heavy (non-hydrogen) atoms. The van der Waals surface area contributed by atoms with E-state index in [1.165, 1.54) is 6.08 Å². The zero-order valence-corrected chi connectivity index (χ0v) is 12.5. The van der Waals surface area contributed by atoms with Gasteiger partial charge in [-0.1, -0.05) is 37.3 Å². The molecule has 0 bridgehead atoms. The van der Waals surface area contributed by atoms with Crippen molar-refractivity contribution in [2.24, 2.45) is 0 Å². The maximum Gasteiger partial charge on any atom is 0.244 e. The standard InChI is InChI=1S/C16H21NO2S/c1-2-20-14-10-11-16(14,19)12-17-15(18)9-8-13-6-4-3-5-7-13/h3-9,14,19H,2,10-12H2,1H3,(H,17,18)/b9-8+. The number of thioether (sulfide) groups is 1. The van der Waals surface area contributed by atoms with Crippen molar-refractivity contribution in [1.29, 1.82) is 0 Å². The predicted octanol–water partition coefficient (Wildman–Crippen LogP) is 2.46. The van der Waals surface area contributed by atoms with Crippen molar-refractivity contribution in [3.63, 3.8) is 0 Å². The van der Waals surface area contributed by atoms with Crippen LogP contribution in [0.1, 0.15) is 25.3 Å². The largest absolute Gasteiger partial charge is 0.387 e.